The Labute approximate surface area is 480 Å². The summed E-state index contributed by atoms with van der Waals surface area (Å²) in [4.78, 5) is 13.1. The minimum absolute atomic E-state index is 0.185. The summed E-state index contributed by atoms with van der Waals surface area (Å²) >= 11 is 0. The molecule has 0 bridgehead atoms. The summed E-state index contributed by atoms with van der Waals surface area (Å²) in [5.41, 5.74) is 0. The highest BCUT2D eigenvalue weighted by Gasteiger charge is 2.44. The van der Waals surface area contributed by atoms with Crippen LogP contribution in [0.15, 0.2) is 85.1 Å². The molecule has 7 atom stereocenters. The third-order valence-corrected chi connectivity index (χ3v) is 15.2. The van der Waals surface area contributed by atoms with Crippen LogP contribution in [-0.4, -0.2) is 87.5 Å². The maximum Gasteiger partial charge on any atom is 0.220 e. The van der Waals surface area contributed by atoms with Crippen LogP contribution in [0.2, 0.25) is 0 Å². The Morgan fingerprint density at radius 1 is 0.449 bits per heavy atom. The maximum absolute atomic E-state index is 13.1. The molecule has 0 aliphatic carbocycles. The molecule has 78 heavy (non-hydrogen) atoms. The van der Waals surface area contributed by atoms with Gasteiger partial charge in [-0.1, -0.05) is 292 Å². The standard InChI is InChI=1S/C69H123NO8/c1-3-5-7-9-11-13-15-17-19-21-23-25-27-28-29-30-31-32-33-34-35-36-37-39-41-43-45-47-49-51-53-55-57-59-65(73)70-62(61-77-69-68(76)67(75)66(74)64(60-71)78-69)63(72)58-56-54-52-50-48-46-44-42-40-38-26-24-22-20-18-16-14-12-10-8-6-4-2/h5,7,11,13,17,19,23,25,28-29,48,50,56,58,62-64,66-69,71-72,74-76H,3-4,6,8-10,12,14-16,18,20-22,24,26-27,30-47,49,51-55,57,59-61H2,1-2H3,(H,70,73)/b7-5-,13-11-,19-17-,25-23-,29-28-,50-48+,58-56+. The van der Waals surface area contributed by atoms with Crippen molar-refractivity contribution in [1.29, 1.82) is 0 Å². The molecule has 1 aliphatic rings. The Morgan fingerprint density at radius 2 is 0.808 bits per heavy atom. The van der Waals surface area contributed by atoms with Crippen LogP contribution in [0.3, 0.4) is 0 Å². The van der Waals surface area contributed by atoms with E-state index in [-0.39, 0.29) is 12.5 Å². The maximum atomic E-state index is 13.1. The number of amides is 1. The number of ether oxygens (including phenoxy) is 2. The number of nitrogens with one attached hydrogen (secondary N) is 1. The zero-order valence-electron chi connectivity index (χ0n) is 50.4. The molecule has 1 heterocycles. The van der Waals surface area contributed by atoms with E-state index in [9.17, 15) is 30.3 Å². The van der Waals surface area contributed by atoms with Crippen molar-refractivity contribution < 1.29 is 39.8 Å². The predicted molar refractivity (Wildman–Crippen MR) is 332 cm³/mol. The van der Waals surface area contributed by atoms with Crippen LogP contribution in [0.4, 0.5) is 0 Å². The van der Waals surface area contributed by atoms with E-state index < -0.39 is 49.5 Å². The van der Waals surface area contributed by atoms with Gasteiger partial charge in [-0.2, -0.15) is 0 Å². The van der Waals surface area contributed by atoms with E-state index in [1.807, 2.05) is 6.08 Å². The van der Waals surface area contributed by atoms with Crippen molar-refractivity contribution in [3.63, 3.8) is 0 Å². The number of allylic oxidation sites excluding steroid dienone is 13. The van der Waals surface area contributed by atoms with E-state index in [0.717, 1.165) is 70.6 Å². The average Bonchev–Trinajstić information content (AvgIpc) is 3.45. The molecule has 1 amide bonds. The smallest absolute Gasteiger partial charge is 0.220 e. The van der Waals surface area contributed by atoms with Gasteiger partial charge in [-0.15, -0.1) is 0 Å². The second kappa shape index (κ2) is 57.6. The lowest BCUT2D eigenvalue weighted by Gasteiger charge is -2.40. The molecule has 0 saturated carbocycles. The molecule has 9 heteroatoms. The molecule has 452 valence electrons. The van der Waals surface area contributed by atoms with Gasteiger partial charge in [0.2, 0.25) is 5.91 Å². The van der Waals surface area contributed by atoms with Gasteiger partial charge in [0.1, 0.15) is 24.4 Å². The fraction of sp³-hybridized carbons (Fsp3) is 0.783. The number of aliphatic hydroxyl groups excluding tert-OH is 5. The second-order valence-corrected chi connectivity index (χ2v) is 22.5. The van der Waals surface area contributed by atoms with E-state index in [2.05, 4.69) is 92.1 Å². The molecule has 9 nitrogen and oxygen atoms in total. The fourth-order valence-electron chi connectivity index (χ4n) is 10.1. The van der Waals surface area contributed by atoms with Crippen LogP contribution in [0.5, 0.6) is 0 Å². The lowest BCUT2D eigenvalue weighted by atomic mass is 9.99. The highest BCUT2D eigenvalue weighted by Crippen LogP contribution is 2.23. The number of unbranched alkanes of at least 4 members (excludes halogenated alkanes) is 34. The van der Waals surface area contributed by atoms with Gasteiger partial charge in [0, 0.05) is 6.42 Å². The van der Waals surface area contributed by atoms with Crippen molar-refractivity contribution in [3.8, 4) is 0 Å². The minimum Gasteiger partial charge on any atom is -0.394 e. The van der Waals surface area contributed by atoms with Crippen LogP contribution >= 0.6 is 0 Å². The van der Waals surface area contributed by atoms with Crippen molar-refractivity contribution in [3.05, 3.63) is 85.1 Å². The van der Waals surface area contributed by atoms with Crippen molar-refractivity contribution in [2.75, 3.05) is 13.2 Å². The summed E-state index contributed by atoms with van der Waals surface area (Å²) in [6.07, 6.45) is 75.3. The number of hydrogen-bond acceptors (Lipinski definition) is 8. The van der Waals surface area contributed by atoms with Crippen molar-refractivity contribution in [1.82, 2.24) is 5.32 Å². The second-order valence-electron chi connectivity index (χ2n) is 22.5. The Hall–Kier alpha value is -2.63. The molecule has 0 aromatic heterocycles. The van der Waals surface area contributed by atoms with E-state index in [1.54, 1.807) is 6.08 Å². The van der Waals surface area contributed by atoms with Crippen molar-refractivity contribution in [2.45, 2.75) is 333 Å². The molecule has 6 N–H and O–H groups in total. The van der Waals surface area contributed by atoms with Gasteiger partial charge in [-0.25, -0.2) is 0 Å². The Balaban J connectivity index is 2.16. The van der Waals surface area contributed by atoms with Gasteiger partial charge in [-0.05, 0) is 77.0 Å². The average molecular weight is 1090 g/mol. The molecule has 0 aromatic rings. The van der Waals surface area contributed by atoms with Crippen LogP contribution in [0, 0.1) is 0 Å². The highest BCUT2D eigenvalue weighted by molar-refractivity contribution is 5.76. The fourth-order valence-corrected chi connectivity index (χ4v) is 10.1. The van der Waals surface area contributed by atoms with Gasteiger partial charge >= 0.3 is 0 Å². The zero-order valence-corrected chi connectivity index (χ0v) is 50.4. The first-order chi connectivity index (χ1) is 38.3. The van der Waals surface area contributed by atoms with E-state index in [1.165, 1.54) is 199 Å². The van der Waals surface area contributed by atoms with Gasteiger partial charge in [-0.3, -0.25) is 4.79 Å². The summed E-state index contributed by atoms with van der Waals surface area (Å²) in [6, 6.07) is -0.826. The molecular weight excluding hydrogens is 971 g/mol. The molecule has 1 aliphatic heterocycles. The third kappa shape index (κ3) is 46.0. The monoisotopic (exact) mass is 1090 g/mol. The first-order valence-corrected chi connectivity index (χ1v) is 32.8. The lowest BCUT2D eigenvalue weighted by molar-refractivity contribution is -0.302. The number of aliphatic hydroxyl groups is 5. The van der Waals surface area contributed by atoms with E-state index >= 15 is 0 Å². The Morgan fingerprint density at radius 3 is 1.23 bits per heavy atom. The van der Waals surface area contributed by atoms with Crippen LogP contribution in [-0.2, 0) is 14.3 Å². The Bertz CT molecular complexity index is 1500. The van der Waals surface area contributed by atoms with E-state index in [0.29, 0.717) is 6.42 Å². The number of rotatable bonds is 56. The summed E-state index contributed by atoms with van der Waals surface area (Å²) in [5, 5.41) is 54.6. The van der Waals surface area contributed by atoms with Gasteiger partial charge in [0.15, 0.2) is 6.29 Å². The third-order valence-electron chi connectivity index (χ3n) is 15.2. The van der Waals surface area contributed by atoms with E-state index in [4.69, 9.17) is 9.47 Å². The zero-order chi connectivity index (χ0) is 56.5. The predicted octanol–water partition coefficient (Wildman–Crippen LogP) is 17.4. The normalized spacial score (nSPS) is 19.2. The first kappa shape index (κ1) is 73.4. The topological polar surface area (TPSA) is 149 Å². The quantitative estimate of drug-likeness (QED) is 0.0261. The molecular formula is C69H123NO8. The van der Waals surface area contributed by atoms with Gasteiger partial charge in [0.25, 0.3) is 0 Å². The van der Waals surface area contributed by atoms with Gasteiger partial charge < -0.3 is 40.3 Å². The first-order valence-electron chi connectivity index (χ1n) is 32.8. The molecule has 1 saturated heterocycles. The largest absolute Gasteiger partial charge is 0.394 e. The van der Waals surface area contributed by atoms with Crippen LogP contribution < -0.4 is 5.32 Å². The van der Waals surface area contributed by atoms with Crippen molar-refractivity contribution >= 4 is 5.91 Å². The highest BCUT2D eigenvalue weighted by atomic mass is 16.7. The van der Waals surface area contributed by atoms with Crippen LogP contribution in [0.1, 0.15) is 290 Å². The number of carbonyl (C=O) groups excluding carboxylic acids is 1. The summed E-state index contributed by atoms with van der Waals surface area (Å²) in [6.45, 7) is 3.68. The summed E-state index contributed by atoms with van der Waals surface area (Å²) in [7, 11) is 0. The SMILES string of the molecule is CC/C=C\C/C=C\C/C=C\C/C=C\C/C=C\CCCCCCCCCCCCCCCCCCCC(=O)NC(COC1OC(CO)C(O)C(O)C1O)C(O)/C=C/CC/C=C/CCCCCCCCCCCCCCCCCC. The molecule has 1 rings (SSSR count). The molecule has 0 spiro atoms. The molecule has 1 fully saturated rings. The molecule has 7 unspecified atom stereocenters. The van der Waals surface area contributed by atoms with Crippen LogP contribution in [0.25, 0.3) is 0 Å². The summed E-state index contributed by atoms with van der Waals surface area (Å²) < 4.78 is 11.3. The molecule has 0 radical (unpaired) electrons. The number of hydrogen-bond donors (Lipinski definition) is 6. The minimum atomic E-state index is -1.58. The Kier molecular flexibility index (Phi) is 54.2. The lowest BCUT2D eigenvalue weighted by Crippen LogP contribution is -2.60. The van der Waals surface area contributed by atoms with Crippen molar-refractivity contribution in [2.24, 2.45) is 0 Å². The number of carbonyl (C=O) groups is 1. The summed E-state index contributed by atoms with van der Waals surface area (Å²) in [5.74, 6) is -0.185. The molecule has 0 aromatic carbocycles. The van der Waals surface area contributed by atoms with Gasteiger partial charge in [0.05, 0.1) is 25.4 Å².